The molecular formula is C44H34N4O. The Bertz CT molecular complexity index is 2650. The van der Waals surface area contributed by atoms with Gasteiger partial charge in [0.2, 0.25) is 0 Å². The number of pyridine rings is 1. The van der Waals surface area contributed by atoms with Crippen LogP contribution in [0.25, 0.3) is 27.6 Å². The van der Waals surface area contributed by atoms with Gasteiger partial charge < -0.3 is 0 Å². The summed E-state index contributed by atoms with van der Waals surface area (Å²) in [6, 6.07) is 53.6. The second-order valence-electron chi connectivity index (χ2n) is 12.2. The molecule has 49 heavy (non-hydrogen) atoms. The summed E-state index contributed by atoms with van der Waals surface area (Å²) in [5.41, 5.74) is 6.67. The third kappa shape index (κ3) is 4.55. The van der Waals surface area contributed by atoms with Crippen LogP contribution in [0.1, 0.15) is 36.0 Å². The van der Waals surface area contributed by atoms with Crippen LogP contribution in [0.15, 0.2) is 170 Å². The first-order valence-corrected chi connectivity index (χ1v) is 16.1. The number of aryl methyl sites for hydroxylation is 1. The first-order valence-electron chi connectivity index (χ1n) is 19.1. The molecule has 5 nitrogen and oxygen atoms in total. The Kier molecular flexibility index (Phi) is 5.45. The van der Waals surface area contributed by atoms with Crippen LogP contribution < -0.4 is 10.1 Å². The molecule has 8 aromatic rings. The molecule has 6 aromatic carbocycles. The van der Waals surface area contributed by atoms with Gasteiger partial charge in [-0.3, -0.25) is 4.57 Å². The van der Waals surface area contributed by atoms with Crippen molar-refractivity contribution < 1.29 is 13.2 Å². The molecule has 0 radical (unpaired) electrons. The van der Waals surface area contributed by atoms with Gasteiger partial charge >= 0.3 is 0 Å². The fraction of sp³-hybridized carbons (Fsp3) is 0.0682. The normalized spacial score (nSPS) is 15.3. The summed E-state index contributed by atoms with van der Waals surface area (Å²) >= 11 is 0. The predicted molar refractivity (Wildman–Crippen MR) is 200 cm³/mol. The van der Waals surface area contributed by atoms with E-state index in [0.717, 1.165) is 49.1 Å². The molecule has 5 heteroatoms. The molecule has 2 aromatic heterocycles. The number of para-hydroxylation sites is 3. The zero-order chi connectivity index (χ0) is 38.0. The molecule has 0 unspecified atom stereocenters. The quantitative estimate of drug-likeness (QED) is 0.169. The Balaban J connectivity index is 1.33. The fourth-order valence-corrected chi connectivity index (χ4v) is 7.40. The molecule has 9 rings (SSSR count). The zero-order valence-corrected chi connectivity index (χ0v) is 26.4. The monoisotopic (exact) mass is 640 g/mol. The Morgan fingerprint density at radius 3 is 2.02 bits per heavy atom. The van der Waals surface area contributed by atoms with Gasteiger partial charge in [-0.1, -0.05) is 115 Å². The minimum absolute atomic E-state index is 0.210. The molecular weight excluding hydrogens is 601 g/mol. The van der Waals surface area contributed by atoms with Crippen molar-refractivity contribution in [3.05, 3.63) is 198 Å². The van der Waals surface area contributed by atoms with Crippen molar-refractivity contribution in [3.8, 4) is 5.82 Å². The summed E-state index contributed by atoms with van der Waals surface area (Å²) < 4.78 is 51.0. The van der Waals surface area contributed by atoms with Crippen LogP contribution in [0.3, 0.4) is 0 Å². The largest absolute Gasteiger partial charge is 0.294 e. The van der Waals surface area contributed by atoms with Gasteiger partial charge in [0.05, 0.1) is 33.5 Å². The molecule has 1 aliphatic rings. The number of hydroxylamine groups is 1. The zero-order valence-electron chi connectivity index (χ0n) is 32.4. The topological polar surface area (TPSA) is 33.5 Å². The lowest BCUT2D eigenvalue weighted by Gasteiger charge is -2.37. The van der Waals surface area contributed by atoms with Crippen molar-refractivity contribution in [1.29, 1.82) is 0 Å². The summed E-state index contributed by atoms with van der Waals surface area (Å²) in [5.74, 6) is 0.507. The van der Waals surface area contributed by atoms with Gasteiger partial charge in [-0.15, -0.1) is 4.94 Å². The van der Waals surface area contributed by atoms with E-state index in [9.17, 15) is 0 Å². The molecule has 0 aliphatic carbocycles. The number of hydrogen-bond acceptors (Lipinski definition) is 4. The lowest BCUT2D eigenvalue weighted by Crippen LogP contribution is -2.31. The minimum atomic E-state index is -2.54. The van der Waals surface area contributed by atoms with Crippen molar-refractivity contribution in [2.75, 3.05) is 17.1 Å². The molecule has 3 heterocycles. The van der Waals surface area contributed by atoms with Gasteiger partial charge in [0.25, 0.3) is 0 Å². The number of fused-ring (bicyclic) bond motifs is 4. The average Bonchev–Trinajstić information content (AvgIpc) is 3.76. The lowest BCUT2D eigenvalue weighted by molar-refractivity contribution is 0.142. The van der Waals surface area contributed by atoms with Crippen molar-refractivity contribution >= 4 is 38.9 Å². The van der Waals surface area contributed by atoms with E-state index in [2.05, 4.69) is 60.7 Å². The lowest BCUT2D eigenvalue weighted by atomic mass is 9.65. The molecule has 0 saturated heterocycles. The van der Waals surface area contributed by atoms with Crippen LogP contribution in [0.4, 0.5) is 17.1 Å². The van der Waals surface area contributed by atoms with Gasteiger partial charge in [-0.25, -0.2) is 10.0 Å². The molecule has 236 valence electrons. The average molecular weight is 641 g/mol. The van der Waals surface area contributed by atoms with Crippen molar-refractivity contribution in [1.82, 2.24) is 9.55 Å². The van der Waals surface area contributed by atoms with E-state index >= 15 is 0 Å². The molecule has 0 spiro atoms. The molecule has 0 saturated carbocycles. The summed E-state index contributed by atoms with van der Waals surface area (Å²) in [7, 11) is 0. The van der Waals surface area contributed by atoms with Crippen LogP contribution >= 0.6 is 0 Å². The van der Waals surface area contributed by atoms with Gasteiger partial charge in [0.1, 0.15) is 5.82 Å². The van der Waals surface area contributed by atoms with Crippen molar-refractivity contribution in [2.24, 2.45) is 0 Å². The van der Waals surface area contributed by atoms with E-state index in [1.165, 1.54) is 0 Å². The second kappa shape index (κ2) is 11.5. The number of benzene rings is 6. The highest BCUT2D eigenvalue weighted by atomic mass is 16.8. The molecule has 0 bridgehead atoms. The van der Waals surface area contributed by atoms with Gasteiger partial charge in [0.15, 0.2) is 0 Å². The van der Waals surface area contributed by atoms with Gasteiger partial charge in [0, 0.05) is 32.2 Å². The number of anilines is 3. The predicted octanol–water partition coefficient (Wildman–Crippen LogP) is 10.3. The Labute approximate surface area is 294 Å². The maximum absolute atomic E-state index is 8.19. The third-order valence-corrected chi connectivity index (χ3v) is 9.49. The number of nitrogens with zero attached hydrogens (tertiary/aromatic N) is 4. The molecule has 0 fully saturated rings. The fourth-order valence-electron chi connectivity index (χ4n) is 7.40. The highest BCUT2D eigenvalue weighted by molar-refractivity contribution is 6.09. The first kappa shape index (κ1) is 23.2. The first-order chi connectivity index (χ1) is 26.5. The van der Waals surface area contributed by atoms with Crippen molar-refractivity contribution in [2.45, 2.75) is 12.3 Å². The Hall–Kier alpha value is -6.17. The van der Waals surface area contributed by atoms with E-state index in [4.69, 9.17) is 18.1 Å². The number of hydrogen-bond donors (Lipinski definition) is 0. The van der Waals surface area contributed by atoms with E-state index < -0.39 is 19.2 Å². The SMILES string of the molecule is [2H]C([2H])([2H])c1ccnc(-n2c3ccccc3c3ccc(C(c4ccccc4)(c4ccccc4)c4cccc(N5ON(C([2H])([2H])[2H])c6ccccc65)c4)cc32)c1. The second-order valence-corrected chi connectivity index (χ2v) is 12.2. The number of aromatic nitrogens is 2. The van der Waals surface area contributed by atoms with Gasteiger partial charge in [-0.05, 0) is 83.2 Å². The molecule has 0 amide bonds. The maximum Gasteiger partial charge on any atom is 0.137 e. The minimum Gasteiger partial charge on any atom is -0.294 e. The standard InChI is InChI=1S/C44H34N4O/c1-31-26-27-45-43(28-31)47-39-21-10-9-20-37(39)38-25-24-35(30-42(38)47)44(32-14-5-3-6-15-32,33-16-7-4-8-17-33)34-18-13-19-36(29-34)48-41-23-12-11-22-40(41)46(2)49-48/h3-30H,1-2H3/i1D3,2D3. The number of rotatable bonds is 6. The summed E-state index contributed by atoms with van der Waals surface area (Å²) in [4.78, 5) is 10.8. The Morgan fingerprint density at radius 1 is 0.571 bits per heavy atom. The van der Waals surface area contributed by atoms with E-state index in [0.29, 0.717) is 22.9 Å². The Morgan fingerprint density at radius 2 is 1.24 bits per heavy atom. The van der Waals surface area contributed by atoms with Crippen LogP contribution in [0, 0.1) is 6.85 Å². The van der Waals surface area contributed by atoms with Crippen LogP contribution in [0.5, 0.6) is 0 Å². The molecule has 0 N–H and O–H groups in total. The van der Waals surface area contributed by atoms with Gasteiger partial charge in [-0.2, -0.15) is 5.06 Å². The molecule has 0 atom stereocenters. The molecule has 1 aliphatic heterocycles. The highest BCUT2D eigenvalue weighted by Crippen LogP contribution is 2.49. The van der Waals surface area contributed by atoms with Crippen LogP contribution in [0.2, 0.25) is 0 Å². The summed E-state index contributed by atoms with van der Waals surface area (Å²) in [6.45, 7) is -4.84. The highest BCUT2D eigenvalue weighted by Gasteiger charge is 2.39. The van der Waals surface area contributed by atoms with E-state index in [-0.39, 0.29) is 5.56 Å². The summed E-state index contributed by atoms with van der Waals surface area (Å²) in [6.07, 6.45) is 1.55. The van der Waals surface area contributed by atoms with Crippen molar-refractivity contribution in [3.63, 3.8) is 0 Å². The smallest absolute Gasteiger partial charge is 0.137 e. The van der Waals surface area contributed by atoms with E-state index in [1.807, 2.05) is 83.4 Å². The van der Waals surface area contributed by atoms with Crippen LogP contribution in [-0.4, -0.2) is 16.5 Å². The maximum atomic E-state index is 8.19. The summed E-state index contributed by atoms with van der Waals surface area (Å²) in [5, 5.41) is 4.55. The van der Waals surface area contributed by atoms with Crippen LogP contribution in [-0.2, 0) is 10.4 Å². The third-order valence-electron chi connectivity index (χ3n) is 9.49. The van der Waals surface area contributed by atoms with E-state index in [1.54, 1.807) is 35.5 Å².